The standard InChI is InChI=1S/C25H38N4O6/c1-5-6-13-27-22(32)21(16-9-7-12-18(30)14-16)29(17-10-8-11-17)23(33)19(15-20(26)31)28-24(34)35-25(2,3)4/h7,9,12,14,17,19,21,30H,5-6,8,10-11,13,15H2,1-4H3,(H2,26,31)(H,27,32)(H,28,34). The maximum absolute atomic E-state index is 13.9. The zero-order valence-corrected chi connectivity index (χ0v) is 21.0. The first-order valence-electron chi connectivity index (χ1n) is 12.1. The Morgan fingerprint density at radius 1 is 1.23 bits per heavy atom. The van der Waals surface area contributed by atoms with Crippen molar-refractivity contribution >= 4 is 23.8 Å². The van der Waals surface area contributed by atoms with Gasteiger partial charge in [0.15, 0.2) is 0 Å². The van der Waals surface area contributed by atoms with E-state index < -0.39 is 47.9 Å². The van der Waals surface area contributed by atoms with Crippen molar-refractivity contribution in [3.63, 3.8) is 0 Å². The second kappa shape index (κ2) is 12.4. The van der Waals surface area contributed by atoms with Gasteiger partial charge in [-0.3, -0.25) is 14.4 Å². The van der Waals surface area contributed by atoms with Gasteiger partial charge in [0.1, 0.15) is 23.4 Å². The summed E-state index contributed by atoms with van der Waals surface area (Å²) in [6.07, 6.45) is 2.53. The fourth-order valence-corrected chi connectivity index (χ4v) is 3.83. The Morgan fingerprint density at radius 3 is 2.43 bits per heavy atom. The van der Waals surface area contributed by atoms with Gasteiger partial charge in [-0.2, -0.15) is 0 Å². The van der Waals surface area contributed by atoms with Crippen molar-refractivity contribution in [2.75, 3.05) is 6.54 Å². The van der Waals surface area contributed by atoms with E-state index in [1.807, 2.05) is 6.92 Å². The monoisotopic (exact) mass is 490 g/mol. The van der Waals surface area contributed by atoms with E-state index in [1.54, 1.807) is 32.9 Å². The SMILES string of the molecule is CCCCNC(=O)C(c1cccc(O)c1)N(C(=O)C(CC(N)=O)NC(=O)OC(C)(C)C)C1CCC1. The molecule has 2 unspecified atom stereocenters. The minimum atomic E-state index is -1.31. The molecule has 2 atom stereocenters. The number of hydrogen-bond donors (Lipinski definition) is 4. The maximum Gasteiger partial charge on any atom is 0.408 e. The third kappa shape index (κ3) is 8.45. The Labute approximate surface area is 206 Å². The smallest absolute Gasteiger partial charge is 0.408 e. The molecule has 0 aliphatic heterocycles. The van der Waals surface area contributed by atoms with E-state index in [0.717, 1.165) is 19.3 Å². The zero-order valence-electron chi connectivity index (χ0n) is 21.0. The number of rotatable bonds is 11. The summed E-state index contributed by atoms with van der Waals surface area (Å²) in [4.78, 5) is 52.9. The molecule has 1 aliphatic rings. The molecule has 1 aromatic rings. The third-order valence-electron chi connectivity index (χ3n) is 5.66. The summed E-state index contributed by atoms with van der Waals surface area (Å²) in [6.45, 7) is 7.46. The minimum absolute atomic E-state index is 0.0459. The summed E-state index contributed by atoms with van der Waals surface area (Å²) in [5.74, 6) is -1.84. The van der Waals surface area contributed by atoms with Crippen LogP contribution in [0.15, 0.2) is 24.3 Å². The molecule has 1 saturated carbocycles. The van der Waals surface area contributed by atoms with Gasteiger partial charge >= 0.3 is 6.09 Å². The van der Waals surface area contributed by atoms with E-state index in [9.17, 15) is 24.3 Å². The Bertz CT molecular complexity index is 909. The molecule has 0 spiro atoms. The molecule has 194 valence electrons. The van der Waals surface area contributed by atoms with Crippen molar-refractivity contribution in [1.29, 1.82) is 0 Å². The average Bonchev–Trinajstić information content (AvgIpc) is 2.69. The molecule has 5 N–H and O–H groups in total. The summed E-state index contributed by atoms with van der Waals surface area (Å²) in [5.41, 5.74) is 5.00. The van der Waals surface area contributed by atoms with Crippen LogP contribution in [0.3, 0.4) is 0 Å². The number of nitrogens with one attached hydrogen (secondary N) is 2. The van der Waals surface area contributed by atoms with Gasteiger partial charge in [-0.1, -0.05) is 25.5 Å². The number of unbranched alkanes of at least 4 members (excludes halogenated alkanes) is 1. The van der Waals surface area contributed by atoms with E-state index in [0.29, 0.717) is 24.9 Å². The van der Waals surface area contributed by atoms with Crippen LogP contribution in [0, 0.1) is 0 Å². The summed E-state index contributed by atoms with van der Waals surface area (Å²) < 4.78 is 5.27. The molecular weight excluding hydrogens is 452 g/mol. The lowest BCUT2D eigenvalue weighted by molar-refractivity contribution is -0.148. The number of phenols is 1. The number of carbonyl (C=O) groups excluding carboxylic acids is 4. The number of aromatic hydroxyl groups is 1. The largest absolute Gasteiger partial charge is 0.508 e. The Hall–Kier alpha value is -3.30. The Balaban J connectivity index is 2.45. The topological polar surface area (TPSA) is 151 Å². The number of benzene rings is 1. The lowest BCUT2D eigenvalue weighted by atomic mass is 9.87. The molecule has 1 aromatic carbocycles. The normalized spacial score (nSPS) is 15.3. The van der Waals surface area contributed by atoms with E-state index in [1.165, 1.54) is 17.0 Å². The Kier molecular flexibility index (Phi) is 9.91. The lowest BCUT2D eigenvalue weighted by Crippen LogP contribution is -2.58. The molecular formula is C25H38N4O6. The molecule has 1 aliphatic carbocycles. The van der Waals surface area contributed by atoms with Crippen molar-refractivity contribution in [2.45, 2.75) is 89.9 Å². The predicted molar refractivity (Wildman–Crippen MR) is 130 cm³/mol. The number of primary amides is 1. The predicted octanol–water partition coefficient (Wildman–Crippen LogP) is 2.50. The quantitative estimate of drug-likeness (QED) is 0.350. The maximum atomic E-state index is 13.9. The van der Waals surface area contributed by atoms with Gasteiger partial charge in [-0.15, -0.1) is 0 Å². The van der Waals surface area contributed by atoms with Gasteiger partial charge in [-0.25, -0.2) is 4.79 Å². The van der Waals surface area contributed by atoms with Crippen LogP contribution in [0.2, 0.25) is 0 Å². The van der Waals surface area contributed by atoms with Crippen molar-refractivity contribution < 1.29 is 29.0 Å². The van der Waals surface area contributed by atoms with E-state index >= 15 is 0 Å². The van der Waals surface area contributed by atoms with Gasteiger partial charge in [-0.05, 0) is 64.2 Å². The molecule has 0 heterocycles. The van der Waals surface area contributed by atoms with Crippen LogP contribution in [0.4, 0.5) is 4.79 Å². The first-order chi connectivity index (χ1) is 16.4. The van der Waals surface area contributed by atoms with Crippen LogP contribution in [-0.4, -0.2) is 58.1 Å². The summed E-state index contributed by atoms with van der Waals surface area (Å²) in [6, 6.07) is 3.52. The second-order valence-corrected chi connectivity index (χ2v) is 9.84. The summed E-state index contributed by atoms with van der Waals surface area (Å²) >= 11 is 0. The van der Waals surface area contributed by atoms with Crippen molar-refractivity contribution in [2.24, 2.45) is 5.73 Å². The van der Waals surface area contributed by atoms with Gasteiger partial charge in [0.05, 0.1) is 6.42 Å². The number of amides is 4. The fraction of sp³-hybridized carbons (Fsp3) is 0.600. The zero-order chi connectivity index (χ0) is 26.2. The number of nitrogens with two attached hydrogens (primary N) is 1. The van der Waals surface area contributed by atoms with Crippen LogP contribution in [0.5, 0.6) is 5.75 Å². The number of alkyl carbamates (subject to hydrolysis) is 1. The molecule has 10 heteroatoms. The minimum Gasteiger partial charge on any atom is -0.508 e. The highest BCUT2D eigenvalue weighted by Gasteiger charge is 2.42. The average molecular weight is 491 g/mol. The summed E-state index contributed by atoms with van der Waals surface area (Å²) in [5, 5.41) is 15.4. The van der Waals surface area contributed by atoms with Gasteiger partial charge in [0, 0.05) is 12.6 Å². The molecule has 0 aromatic heterocycles. The first-order valence-corrected chi connectivity index (χ1v) is 12.1. The molecule has 10 nitrogen and oxygen atoms in total. The molecule has 0 bridgehead atoms. The highest BCUT2D eigenvalue weighted by Crippen LogP contribution is 2.34. The van der Waals surface area contributed by atoms with Crippen molar-refractivity contribution in [1.82, 2.24) is 15.5 Å². The first kappa shape index (κ1) is 27.9. The van der Waals surface area contributed by atoms with Crippen LogP contribution < -0.4 is 16.4 Å². The second-order valence-electron chi connectivity index (χ2n) is 9.84. The third-order valence-corrected chi connectivity index (χ3v) is 5.66. The van der Waals surface area contributed by atoms with Crippen molar-refractivity contribution in [3.8, 4) is 5.75 Å². The van der Waals surface area contributed by atoms with Crippen LogP contribution >= 0.6 is 0 Å². The van der Waals surface area contributed by atoms with Gasteiger partial charge in [0.2, 0.25) is 17.7 Å². The molecule has 1 fully saturated rings. The van der Waals surface area contributed by atoms with E-state index in [-0.39, 0.29) is 11.8 Å². The van der Waals surface area contributed by atoms with Crippen molar-refractivity contribution in [3.05, 3.63) is 29.8 Å². The Morgan fingerprint density at radius 2 is 1.91 bits per heavy atom. The molecule has 4 amide bonds. The number of nitrogens with zero attached hydrogens (tertiary/aromatic N) is 1. The number of hydrogen-bond acceptors (Lipinski definition) is 6. The van der Waals surface area contributed by atoms with Crippen LogP contribution in [-0.2, 0) is 19.1 Å². The van der Waals surface area contributed by atoms with Crippen LogP contribution in [0.25, 0.3) is 0 Å². The highest BCUT2D eigenvalue weighted by molar-refractivity contribution is 5.94. The number of ether oxygens (including phenoxy) is 1. The lowest BCUT2D eigenvalue weighted by Gasteiger charge is -2.43. The van der Waals surface area contributed by atoms with Crippen LogP contribution in [0.1, 0.15) is 77.8 Å². The van der Waals surface area contributed by atoms with E-state index in [2.05, 4.69) is 10.6 Å². The summed E-state index contributed by atoms with van der Waals surface area (Å²) in [7, 11) is 0. The van der Waals surface area contributed by atoms with Gasteiger partial charge < -0.3 is 31.1 Å². The van der Waals surface area contributed by atoms with Gasteiger partial charge in [0.25, 0.3) is 0 Å². The van der Waals surface area contributed by atoms with E-state index in [4.69, 9.17) is 10.5 Å². The highest BCUT2D eigenvalue weighted by atomic mass is 16.6. The number of phenolic OH excluding ortho intramolecular Hbond substituents is 1. The molecule has 35 heavy (non-hydrogen) atoms. The molecule has 0 saturated heterocycles. The number of carbonyl (C=O) groups is 4. The fourth-order valence-electron chi connectivity index (χ4n) is 3.83. The molecule has 2 rings (SSSR count). The molecule has 0 radical (unpaired) electrons.